The number of methoxy groups -OCH3 is 2. The lowest BCUT2D eigenvalue weighted by molar-refractivity contribution is -0.697. The van der Waals surface area contributed by atoms with Crippen LogP contribution in [0.1, 0.15) is 34.3 Å². The van der Waals surface area contributed by atoms with Crippen LogP contribution >= 0.6 is 15.9 Å². The van der Waals surface area contributed by atoms with E-state index in [0.717, 1.165) is 15.6 Å². The van der Waals surface area contributed by atoms with Gasteiger partial charge in [0, 0.05) is 24.0 Å². The highest BCUT2D eigenvalue weighted by Gasteiger charge is 2.32. The van der Waals surface area contributed by atoms with Crippen LogP contribution in [0.15, 0.2) is 35.1 Å². The third kappa shape index (κ3) is 5.39. The normalized spacial score (nSPS) is 15.9. The van der Waals surface area contributed by atoms with Crippen molar-refractivity contribution in [2.24, 2.45) is 5.92 Å². The van der Waals surface area contributed by atoms with Crippen molar-refractivity contribution in [3.8, 4) is 11.5 Å². The number of unbranched alkanes of at least 4 members (excludes halogenated alkanes) is 1. The summed E-state index contributed by atoms with van der Waals surface area (Å²) in [6.45, 7) is 0.641. The average molecular weight is 499 g/mol. The molecule has 1 atom stereocenters. The smallest absolute Gasteiger partial charge is 0.264 e. The molecule has 0 saturated carbocycles. The predicted octanol–water partition coefficient (Wildman–Crippen LogP) is 3.02. The molecular weight excluding hydrogens is 474 g/mol. The molecule has 3 rings (SSSR count). The van der Waals surface area contributed by atoms with Crippen LogP contribution in [-0.4, -0.2) is 38.7 Å². The van der Waals surface area contributed by atoms with Crippen LogP contribution in [0.2, 0.25) is 0 Å². The first-order valence-electron chi connectivity index (χ1n) is 9.63. The van der Waals surface area contributed by atoms with Gasteiger partial charge in [0.1, 0.15) is 6.54 Å². The molecule has 0 bridgehead atoms. The van der Waals surface area contributed by atoms with Crippen molar-refractivity contribution in [2.45, 2.75) is 32.2 Å². The van der Waals surface area contributed by atoms with Gasteiger partial charge in [0.05, 0.1) is 24.4 Å². The fourth-order valence-corrected chi connectivity index (χ4v) is 4.87. The summed E-state index contributed by atoms with van der Waals surface area (Å²) in [4.78, 5) is 12.9. The van der Waals surface area contributed by atoms with Gasteiger partial charge in [0.15, 0.2) is 29.7 Å². The molecule has 1 heterocycles. The molecular formula is C21H25BrNO6S+. The van der Waals surface area contributed by atoms with Gasteiger partial charge < -0.3 is 9.47 Å². The summed E-state index contributed by atoms with van der Waals surface area (Å²) < 4.78 is 43.9. The van der Waals surface area contributed by atoms with E-state index in [1.165, 1.54) is 0 Å². The molecule has 1 aliphatic carbocycles. The van der Waals surface area contributed by atoms with Crippen molar-refractivity contribution in [1.29, 1.82) is 0 Å². The zero-order valence-electron chi connectivity index (χ0n) is 16.9. The number of ether oxygens (including phenoxy) is 2. The molecule has 1 aliphatic rings. The molecule has 1 aromatic carbocycles. The number of benzene rings is 1. The Labute approximate surface area is 184 Å². The van der Waals surface area contributed by atoms with E-state index in [2.05, 4.69) is 15.9 Å². The highest BCUT2D eigenvalue weighted by Crippen LogP contribution is 2.38. The van der Waals surface area contributed by atoms with Crippen LogP contribution in [0.25, 0.3) is 0 Å². The van der Waals surface area contributed by atoms with E-state index >= 15 is 0 Å². The number of rotatable bonds is 9. The van der Waals surface area contributed by atoms with E-state index in [0.29, 0.717) is 49.3 Å². The molecule has 0 spiro atoms. The molecule has 2 aromatic rings. The van der Waals surface area contributed by atoms with Crippen LogP contribution < -0.4 is 14.0 Å². The lowest BCUT2D eigenvalue weighted by Gasteiger charge is -2.09. The molecule has 0 aliphatic heterocycles. The first-order chi connectivity index (χ1) is 14.2. The number of aryl methyl sites for hydroxylation is 1. The van der Waals surface area contributed by atoms with Gasteiger partial charge in [-0.15, -0.1) is 0 Å². The van der Waals surface area contributed by atoms with Gasteiger partial charge in [0.25, 0.3) is 10.1 Å². The fraction of sp³-hybridized carbons (Fsp3) is 0.429. The number of fused-ring (bicyclic) bond motifs is 1. The number of aromatic nitrogens is 1. The molecule has 0 saturated heterocycles. The molecule has 1 unspecified atom stereocenters. The summed E-state index contributed by atoms with van der Waals surface area (Å²) >= 11 is 3.59. The summed E-state index contributed by atoms with van der Waals surface area (Å²) in [6.07, 6.45) is 6.16. The van der Waals surface area contributed by atoms with E-state index in [1.54, 1.807) is 20.3 Å². The van der Waals surface area contributed by atoms with E-state index in [-0.39, 0.29) is 17.5 Å². The van der Waals surface area contributed by atoms with Gasteiger partial charge in [-0.3, -0.25) is 9.35 Å². The third-order valence-electron chi connectivity index (χ3n) is 5.30. The first-order valence-corrected chi connectivity index (χ1v) is 12.0. The number of hydrogen-bond donors (Lipinski definition) is 1. The van der Waals surface area contributed by atoms with E-state index in [9.17, 15) is 13.2 Å². The molecule has 0 fully saturated rings. The summed E-state index contributed by atoms with van der Waals surface area (Å²) in [5.74, 6) is 0.924. The molecule has 7 nitrogen and oxygen atoms in total. The minimum Gasteiger partial charge on any atom is -0.493 e. The Bertz CT molecular complexity index is 1050. The minimum absolute atomic E-state index is 0.111. The molecule has 162 valence electrons. The third-order valence-corrected chi connectivity index (χ3v) is 6.82. The van der Waals surface area contributed by atoms with Crippen LogP contribution in [0.5, 0.6) is 11.5 Å². The van der Waals surface area contributed by atoms with Crippen LogP contribution in [0, 0.1) is 5.92 Å². The van der Waals surface area contributed by atoms with Gasteiger partial charge in [-0.1, -0.05) is 0 Å². The molecule has 30 heavy (non-hydrogen) atoms. The standard InChI is InChI=1S/C21H24BrNO6S/c1-28-19-11-15-10-16(21(24)17(15)12-20(19)29-2)9-14-5-7-23(13-18(14)22)6-3-4-8-30(25,26)27/h5,7,11-13,16H,3-4,6,8-10H2,1-2H3/p+1. The maximum atomic E-state index is 12.9. The first kappa shape index (κ1) is 22.7. The number of halogens is 1. The zero-order valence-corrected chi connectivity index (χ0v) is 19.3. The Morgan fingerprint density at radius 3 is 2.53 bits per heavy atom. The lowest BCUT2D eigenvalue weighted by atomic mass is 9.96. The number of ketones is 1. The zero-order chi connectivity index (χ0) is 21.9. The Hall–Kier alpha value is -1.97. The Kier molecular flexibility index (Phi) is 7.15. The quantitative estimate of drug-likeness (QED) is 0.324. The van der Waals surface area contributed by atoms with Crippen molar-refractivity contribution in [2.75, 3.05) is 20.0 Å². The van der Waals surface area contributed by atoms with Crippen molar-refractivity contribution in [3.63, 3.8) is 0 Å². The number of carbonyl (C=O) groups is 1. The second-order valence-corrected chi connectivity index (χ2v) is 9.81. The Balaban J connectivity index is 1.66. The monoisotopic (exact) mass is 498 g/mol. The Morgan fingerprint density at radius 2 is 1.90 bits per heavy atom. The number of hydrogen-bond acceptors (Lipinski definition) is 5. The average Bonchev–Trinajstić information content (AvgIpc) is 3.00. The van der Waals surface area contributed by atoms with Crippen LogP contribution in [0.4, 0.5) is 0 Å². The highest BCUT2D eigenvalue weighted by atomic mass is 79.9. The lowest BCUT2D eigenvalue weighted by Crippen LogP contribution is -2.33. The molecule has 9 heteroatoms. The molecule has 0 amide bonds. The predicted molar refractivity (Wildman–Crippen MR) is 115 cm³/mol. The van der Waals surface area contributed by atoms with Crippen LogP contribution in [0.3, 0.4) is 0 Å². The Morgan fingerprint density at radius 1 is 1.20 bits per heavy atom. The number of nitrogens with zero attached hydrogens (tertiary/aromatic N) is 1. The number of carbonyl (C=O) groups excluding carboxylic acids is 1. The largest absolute Gasteiger partial charge is 0.493 e. The van der Waals surface area contributed by atoms with Gasteiger partial charge >= 0.3 is 0 Å². The second kappa shape index (κ2) is 9.45. The van der Waals surface area contributed by atoms with E-state index < -0.39 is 10.1 Å². The maximum absolute atomic E-state index is 12.9. The summed E-state index contributed by atoms with van der Waals surface area (Å²) in [5, 5.41) is 0. The van der Waals surface area contributed by atoms with Crippen molar-refractivity contribution < 1.29 is 31.8 Å². The molecule has 0 radical (unpaired) electrons. The van der Waals surface area contributed by atoms with Crippen molar-refractivity contribution in [1.82, 2.24) is 0 Å². The van der Waals surface area contributed by atoms with Gasteiger partial charge in [-0.2, -0.15) is 8.42 Å². The number of pyridine rings is 1. The fourth-order valence-electron chi connectivity index (χ4n) is 3.75. The topological polar surface area (TPSA) is 93.8 Å². The SMILES string of the molecule is COc1cc2c(cc1OC)C(=O)C(Cc1cc[n+](CCCCS(=O)(=O)O)cc1Br)C2. The van der Waals surface area contributed by atoms with Gasteiger partial charge in [-0.05, 0) is 58.5 Å². The van der Waals surface area contributed by atoms with Gasteiger partial charge in [-0.25, -0.2) is 4.57 Å². The maximum Gasteiger partial charge on any atom is 0.264 e. The van der Waals surface area contributed by atoms with Crippen molar-refractivity contribution >= 4 is 31.8 Å². The van der Waals surface area contributed by atoms with Crippen LogP contribution in [-0.2, 0) is 29.5 Å². The van der Waals surface area contributed by atoms with Gasteiger partial charge in [0.2, 0.25) is 0 Å². The highest BCUT2D eigenvalue weighted by molar-refractivity contribution is 9.10. The van der Waals surface area contributed by atoms with Crippen molar-refractivity contribution in [3.05, 3.63) is 51.8 Å². The summed E-state index contributed by atoms with van der Waals surface area (Å²) in [7, 11) is -0.773. The number of Topliss-reactive ketones (excluding diaryl/α,β-unsaturated/α-hetero) is 1. The van der Waals surface area contributed by atoms with E-state index in [4.69, 9.17) is 14.0 Å². The summed E-state index contributed by atoms with van der Waals surface area (Å²) in [5.41, 5.74) is 2.71. The minimum atomic E-state index is -3.91. The molecule has 1 aromatic heterocycles. The second-order valence-electron chi connectivity index (χ2n) is 7.38. The summed E-state index contributed by atoms with van der Waals surface area (Å²) in [6, 6.07) is 5.62. The molecule has 1 N–H and O–H groups in total. The van der Waals surface area contributed by atoms with E-state index in [1.807, 2.05) is 29.1 Å².